The monoisotopic (exact) mass is 1030 g/mol. The van der Waals surface area contributed by atoms with Gasteiger partial charge in [0, 0.05) is 25.7 Å². The summed E-state index contributed by atoms with van der Waals surface area (Å²) in [5.41, 5.74) is 0. The molecule has 432 valence electrons. The van der Waals surface area contributed by atoms with Crippen LogP contribution >= 0.6 is 0 Å². The number of hydrogen-bond acceptors (Lipinski definition) is 8. The van der Waals surface area contributed by atoms with Crippen LogP contribution in [0.2, 0.25) is 0 Å². The van der Waals surface area contributed by atoms with Gasteiger partial charge in [0.2, 0.25) is 0 Å². The average molecular weight is 1030 g/mol. The zero-order valence-corrected chi connectivity index (χ0v) is 49.3. The molecular formula is C65H124O8. The molecule has 73 heavy (non-hydrogen) atoms. The third kappa shape index (κ3) is 55.9. The Morgan fingerprint density at radius 2 is 0.384 bits per heavy atom. The van der Waals surface area contributed by atoms with Gasteiger partial charge < -0.3 is 18.9 Å². The van der Waals surface area contributed by atoms with E-state index in [2.05, 4.69) is 27.7 Å². The topological polar surface area (TPSA) is 105 Å². The van der Waals surface area contributed by atoms with Crippen LogP contribution in [-0.4, -0.2) is 50.3 Å². The Kier molecular flexibility index (Phi) is 57.4. The Labute approximate surface area is 453 Å². The van der Waals surface area contributed by atoms with E-state index in [0.717, 1.165) is 70.6 Å². The summed E-state index contributed by atoms with van der Waals surface area (Å²) < 4.78 is 22.8. The molecule has 0 atom stereocenters. The summed E-state index contributed by atoms with van der Waals surface area (Å²) in [6.07, 6.45) is 56.6. The van der Waals surface area contributed by atoms with Crippen molar-refractivity contribution < 1.29 is 38.1 Å². The lowest BCUT2D eigenvalue weighted by atomic mass is 9.87. The van der Waals surface area contributed by atoms with Gasteiger partial charge in [-0.25, -0.2) is 0 Å². The van der Waals surface area contributed by atoms with E-state index in [1.807, 2.05) is 0 Å². The Bertz CT molecular complexity index is 1000. The van der Waals surface area contributed by atoms with Crippen molar-refractivity contribution in [3.8, 4) is 0 Å². The van der Waals surface area contributed by atoms with E-state index < -0.39 is 0 Å². The fourth-order valence-corrected chi connectivity index (χ4v) is 10.2. The van der Waals surface area contributed by atoms with Gasteiger partial charge in [0.05, 0.1) is 26.4 Å². The fourth-order valence-electron chi connectivity index (χ4n) is 10.2. The first-order valence-corrected chi connectivity index (χ1v) is 32.5. The quantitative estimate of drug-likeness (QED) is 0.0337. The Hall–Kier alpha value is -2.12. The summed E-state index contributed by atoms with van der Waals surface area (Å²) in [6, 6.07) is 0. The van der Waals surface area contributed by atoms with Crippen molar-refractivity contribution in [3.63, 3.8) is 0 Å². The molecule has 0 heterocycles. The number of esters is 4. The molecule has 0 saturated heterocycles. The molecule has 0 aromatic heterocycles. The van der Waals surface area contributed by atoms with E-state index in [9.17, 15) is 19.2 Å². The molecule has 0 rings (SSSR count). The smallest absolute Gasteiger partial charge is 0.305 e. The van der Waals surface area contributed by atoms with Crippen LogP contribution < -0.4 is 0 Å². The van der Waals surface area contributed by atoms with Crippen molar-refractivity contribution in [2.75, 3.05) is 26.4 Å². The Balaban J connectivity index is 5.17. The van der Waals surface area contributed by atoms with Gasteiger partial charge in [-0.1, -0.05) is 278 Å². The maximum Gasteiger partial charge on any atom is 0.305 e. The molecule has 0 aliphatic heterocycles. The first-order valence-electron chi connectivity index (χ1n) is 32.5. The van der Waals surface area contributed by atoms with E-state index in [1.54, 1.807) is 0 Å². The highest BCUT2D eigenvalue weighted by molar-refractivity contribution is 5.70. The van der Waals surface area contributed by atoms with Gasteiger partial charge in [-0.05, 0) is 63.2 Å². The van der Waals surface area contributed by atoms with E-state index in [-0.39, 0.29) is 35.7 Å². The molecule has 0 fully saturated rings. The van der Waals surface area contributed by atoms with Crippen molar-refractivity contribution in [2.45, 2.75) is 355 Å². The second-order valence-corrected chi connectivity index (χ2v) is 22.4. The van der Waals surface area contributed by atoms with Crippen LogP contribution in [-0.2, 0) is 38.1 Å². The predicted octanol–water partition coefficient (Wildman–Crippen LogP) is 20.4. The number of hydrogen-bond donors (Lipinski definition) is 0. The molecule has 0 unspecified atom stereocenters. The summed E-state index contributed by atoms with van der Waals surface area (Å²) in [5.74, 6) is -0.199. The van der Waals surface area contributed by atoms with Crippen LogP contribution in [0, 0.1) is 11.8 Å². The molecule has 0 aliphatic carbocycles. The van der Waals surface area contributed by atoms with Gasteiger partial charge >= 0.3 is 23.9 Å². The molecule has 0 saturated carbocycles. The van der Waals surface area contributed by atoms with Crippen LogP contribution in [0.3, 0.4) is 0 Å². The van der Waals surface area contributed by atoms with Crippen molar-refractivity contribution in [3.05, 3.63) is 0 Å². The molecule has 0 spiro atoms. The first kappa shape index (κ1) is 70.9. The number of unbranched alkanes of at least 4 members (excludes halogenated alkanes) is 36. The molecule has 8 heteroatoms. The summed E-state index contributed by atoms with van der Waals surface area (Å²) in [5, 5.41) is 0. The van der Waals surface area contributed by atoms with E-state index >= 15 is 0 Å². The van der Waals surface area contributed by atoms with Crippen molar-refractivity contribution >= 4 is 23.9 Å². The van der Waals surface area contributed by atoms with Crippen molar-refractivity contribution in [2.24, 2.45) is 11.8 Å². The van der Waals surface area contributed by atoms with E-state index in [0.29, 0.717) is 77.8 Å². The maximum atomic E-state index is 12.9. The zero-order valence-electron chi connectivity index (χ0n) is 49.3. The third-order valence-corrected chi connectivity index (χ3v) is 15.3. The van der Waals surface area contributed by atoms with Gasteiger partial charge in [0.25, 0.3) is 0 Å². The largest absolute Gasteiger partial charge is 0.466 e. The molecule has 0 aromatic carbocycles. The minimum Gasteiger partial charge on any atom is -0.466 e. The number of ether oxygens (including phenoxy) is 4. The van der Waals surface area contributed by atoms with Crippen LogP contribution in [0.15, 0.2) is 0 Å². The Morgan fingerprint density at radius 3 is 0.562 bits per heavy atom. The summed E-state index contributed by atoms with van der Waals surface area (Å²) in [4.78, 5) is 51.8. The van der Waals surface area contributed by atoms with Gasteiger partial charge in [0.1, 0.15) is 0 Å². The lowest BCUT2D eigenvalue weighted by Gasteiger charge is -2.20. The predicted molar refractivity (Wildman–Crippen MR) is 309 cm³/mol. The number of rotatable bonds is 60. The summed E-state index contributed by atoms with van der Waals surface area (Å²) >= 11 is 0. The highest BCUT2D eigenvalue weighted by Crippen LogP contribution is 2.27. The molecular weight excluding hydrogens is 909 g/mol. The van der Waals surface area contributed by atoms with E-state index in [4.69, 9.17) is 18.9 Å². The minimum atomic E-state index is -0.144. The zero-order chi connectivity index (χ0) is 53.2. The SMILES string of the molecule is CCCCCCCCCCCCOC(=O)CCC(CCCC(CCC(=O)OCCCCCCCCCCCC)CCC(=O)OCCCCCCCCCCCC)CCC(=O)OCCCCCCCCCCCC. The second-order valence-electron chi connectivity index (χ2n) is 22.4. The lowest BCUT2D eigenvalue weighted by molar-refractivity contribution is -0.145. The average Bonchev–Trinajstić information content (AvgIpc) is 3.39. The summed E-state index contributed by atoms with van der Waals surface area (Å²) in [7, 11) is 0. The van der Waals surface area contributed by atoms with Gasteiger partial charge in [0.15, 0.2) is 0 Å². The summed E-state index contributed by atoms with van der Waals surface area (Å²) in [6.45, 7) is 11.0. The highest BCUT2D eigenvalue weighted by atomic mass is 16.5. The van der Waals surface area contributed by atoms with Gasteiger partial charge in [-0.15, -0.1) is 0 Å². The van der Waals surface area contributed by atoms with Crippen molar-refractivity contribution in [1.82, 2.24) is 0 Å². The molecule has 0 aromatic rings. The van der Waals surface area contributed by atoms with Crippen LogP contribution in [0.1, 0.15) is 355 Å². The van der Waals surface area contributed by atoms with Gasteiger partial charge in [-0.2, -0.15) is 0 Å². The molecule has 0 bridgehead atoms. The Morgan fingerprint density at radius 1 is 0.219 bits per heavy atom. The first-order chi connectivity index (χ1) is 35.9. The minimum absolute atomic E-state index is 0.144. The molecule has 0 aliphatic rings. The number of carbonyl (C=O) groups is 4. The number of carbonyl (C=O) groups excluding carboxylic acids is 4. The third-order valence-electron chi connectivity index (χ3n) is 15.3. The van der Waals surface area contributed by atoms with Crippen LogP contribution in [0.25, 0.3) is 0 Å². The van der Waals surface area contributed by atoms with Crippen molar-refractivity contribution in [1.29, 1.82) is 0 Å². The maximum absolute atomic E-state index is 12.9. The fraction of sp³-hybridized carbons (Fsp3) is 0.938. The standard InChI is InChI=1S/C65H124O8/c1-5-9-13-17-21-25-29-33-37-41-56-70-62(66)52-48-60(49-53-63(67)71-57-42-38-34-30-26-22-18-14-10-6-2)46-45-47-61(50-54-64(68)72-58-43-39-35-31-27-23-19-15-11-7-3)51-55-65(69)73-59-44-40-36-32-28-24-20-16-12-8-4/h60-61H,5-59H2,1-4H3. The highest BCUT2D eigenvalue weighted by Gasteiger charge is 2.19. The second kappa shape index (κ2) is 59.1. The van der Waals surface area contributed by atoms with Crippen LogP contribution in [0.4, 0.5) is 0 Å². The molecule has 0 radical (unpaired) electrons. The lowest BCUT2D eigenvalue weighted by Crippen LogP contribution is -2.14. The normalized spacial score (nSPS) is 11.5. The molecule has 0 N–H and O–H groups in total. The molecule has 0 amide bonds. The van der Waals surface area contributed by atoms with E-state index in [1.165, 1.54) is 205 Å². The van der Waals surface area contributed by atoms with Gasteiger partial charge in [-0.3, -0.25) is 19.2 Å². The van der Waals surface area contributed by atoms with Crippen LogP contribution in [0.5, 0.6) is 0 Å². The molecule has 8 nitrogen and oxygen atoms in total.